The number of carbonyl (C=O) groups excluding carboxylic acids is 2. The Bertz CT molecular complexity index is 1800. The number of likely N-dealkylation sites (N-methyl/N-ethyl adjacent to an activating group) is 2. The van der Waals surface area contributed by atoms with Crippen molar-refractivity contribution >= 4 is 46.0 Å². The average molecular weight is 664 g/mol. The van der Waals surface area contributed by atoms with Crippen LogP contribution in [-0.2, 0) is 16.5 Å². The molecule has 0 spiro atoms. The van der Waals surface area contributed by atoms with Gasteiger partial charge in [-0.3, -0.25) is 10.1 Å². The fraction of sp³-hybridized carbons (Fsp3) is 0.412. The molecule has 258 valence electrons. The number of ether oxygens (including phenoxy) is 3. The average Bonchev–Trinajstić information content (AvgIpc) is 3.34. The molecule has 14 nitrogen and oxygen atoms in total. The first-order valence-corrected chi connectivity index (χ1v) is 15.0. The molecule has 0 unspecified atom stereocenters. The van der Waals surface area contributed by atoms with Crippen LogP contribution in [0.3, 0.4) is 0 Å². The minimum Gasteiger partial charge on any atom is -0.494 e. The molecule has 1 amide bonds. The highest BCUT2D eigenvalue weighted by atomic mass is 16.6. The number of rotatable bonds is 11. The highest BCUT2D eigenvalue weighted by Crippen LogP contribution is 2.39. The first kappa shape index (κ1) is 37.1. The van der Waals surface area contributed by atoms with Crippen LogP contribution in [0, 0.1) is 10.1 Å². The standard InChI is InChI=1S/C33H41N7O7.CH4/c1-20(2)46-30(41)22-18-34-31(36-29(22)23-19-39(8)25-13-11-10-12-21(23)25)35-24-16-27(40(43)44)26(17-28(24)45-9)37(6)14-15-38(7)32(42)47-33(3,4)5;/h10-13,16-20H,14-15H2,1-9H3,(H,34,35,36);1H4. The van der Waals surface area contributed by atoms with Crippen LogP contribution < -0.4 is 15.0 Å². The summed E-state index contributed by atoms with van der Waals surface area (Å²) in [5, 5.41) is 16.2. The van der Waals surface area contributed by atoms with Crippen molar-refractivity contribution in [1.82, 2.24) is 19.4 Å². The number of nitro benzene ring substituents is 1. The van der Waals surface area contributed by atoms with Crippen molar-refractivity contribution in [3.63, 3.8) is 0 Å². The third kappa shape index (κ3) is 8.49. The summed E-state index contributed by atoms with van der Waals surface area (Å²) in [5.74, 6) is -0.203. The second kappa shape index (κ2) is 15.0. The van der Waals surface area contributed by atoms with E-state index in [-0.39, 0.29) is 60.9 Å². The van der Waals surface area contributed by atoms with E-state index < -0.39 is 22.6 Å². The Morgan fingerprint density at radius 3 is 2.44 bits per heavy atom. The summed E-state index contributed by atoms with van der Waals surface area (Å²) in [6, 6.07) is 10.6. The second-order valence-corrected chi connectivity index (χ2v) is 12.3. The van der Waals surface area contributed by atoms with Gasteiger partial charge in [0.05, 0.1) is 29.5 Å². The number of aromatic nitrogens is 3. The number of aryl methyl sites for hydroxylation is 1. The van der Waals surface area contributed by atoms with Crippen molar-refractivity contribution in [1.29, 1.82) is 0 Å². The molecular formula is C34H45N7O7. The van der Waals surface area contributed by atoms with E-state index >= 15 is 0 Å². The van der Waals surface area contributed by atoms with Gasteiger partial charge < -0.3 is 33.9 Å². The minimum atomic E-state index is -0.650. The summed E-state index contributed by atoms with van der Waals surface area (Å²) in [5.41, 5.74) is 1.80. The van der Waals surface area contributed by atoms with Crippen LogP contribution in [0.4, 0.5) is 27.8 Å². The van der Waals surface area contributed by atoms with E-state index in [0.29, 0.717) is 11.3 Å². The van der Waals surface area contributed by atoms with Gasteiger partial charge in [0, 0.05) is 75.2 Å². The summed E-state index contributed by atoms with van der Waals surface area (Å²) in [7, 11) is 6.63. The normalized spacial score (nSPS) is 11.1. The number of fused-ring (bicyclic) bond motifs is 1. The molecule has 1 N–H and O–H groups in total. The molecule has 4 rings (SSSR count). The van der Waals surface area contributed by atoms with E-state index in [4.69, 9.17) is 19.2 Å². The molecule has 0 atom stereocenters. The van der Waals surface area contributed by atoms with Gasteiger partial charge in [-0.2, -0.15) is 0 Å². The molecule has 0 bridgehead atoms. The lowest BCUT2D eigenvalue weighted by Crippen LogP contribution is -2.38. The molecule has 14 heteroatoms. The van der Waals surface area contributed by atoms with Crippen LogP contribution in [0.5, 0.6) is 5.75 Å². The number of carbonyl (C=O) groups is 2. The minimum absolute atomic E-state index is 0. The second-order valence-electron chi connectivity index (χ2n) is 12.3. The molecule has 0 aliphatic heterocycles. The SMILES string of the molecule is C.COc1cc(N(C)CCN(C)C(=O)OC(C)(C)C)c([N+](=O)[O-])cc1Nc1ncc(C(=O)OC(C)C)c(-c2cn(C)c3ccccc23)n1. The Morgan fingerprint density at radius 2 is 1.81 bits per heavy atom. The number of methoxy groups -OCH3 is 1. The predicted octanol–water partition coefficient (Wildman–Crippen LogP) is 6.80. The Balaban J connectivity index is 0.00000625. The molecule has 0 aliphatic rings. The molecule has 4 aromatic rings. The lowest BCUT2D eigenvalue weighted by Gasteiger charge is -2.27. The smallest absolute Gasteiger partial charge is 0.410 e. The van der Waals surface area contributed by atoms with Gasteiger partial charge in [0.25, 0.3) is 5.69 Å². The topological polar surface area (TPSA) is 154 Å². The number of nitro groups is 1. The van der Waals surface area contributed by atoms with E-state index in [2.05, 4.69) is 10.3 Å². The summed E-state index contributed by atoms with van der Waals surface area (Å²) in [4.78, 5) is 49.4. The number of benzene rings is 2. The van der Waals surface area contributed by atoms with Gasteiger partial charge in [0.1, 0.15) is 22.6 Å². The molecule has 0 fully saturated rings. The first-order chi connectivity index (χ1) is 22.1. The molecule has 2 heterocycles. The lowest BCUT2D eigenvalue weighted by molar-refractivity contribution is -0.384. The Hall–Kier alpha value is -5.40. The highest BCUT2D eigenvalue weighted by Gasteiger charge is 2.26. The van der Waals surface area contributed by atoms with Gasteiger partial charge in [-0.15, -0.1) is 0 Å². The van der Waals surface area contributed by atoms with Crippen LogP contribution in [0.15, 0.2) is 48.8 Å². The summed E-state index contributed by atoms with van der Waals surface area (Å²) in [6.07, 6.45) is 2.39. The third-order valence-electron chi connectivity index (χ3n) is 7.13. The zero-order valence-electron chi connectivity index (χ0n) is 28.2. The van der Waals surface area contributed by atoms with E-state index in [1.54, 1.807) is 53.6 Å². The van der Waals surface area contributed by atoms with Crippen LogP contribution in [0.25, 0.3) is 22.2 Å². The van der Waals surface area contributed by atoms with Crippen molar-refractivity contribution in [2.24, 2.45) is 7.05 Å². The molecule has 0 radical (unpaired) electrons. The van der Waals surface area contributed by atoms with E-state index in [1.807, 2.05) is 42.1 Å². The number of anilines is 3. The van der Waals surface area contributed by atoms with Crippen molar-refractivity contribution in [3.05, 3.63) is 64.5 Å². The van der Waals surface area contributed by atoms with Gasteiger partial charge in [0.15, 0.2) is 0 Å². The quantitative estimate of drug-likeness (QED) is 0.102. The predicted molar refractivity (Wildman–Crippen MR) is 186 cm³/mol. The largest absolute Gasteiger partial charge is 0.494 e. The number of hydrogen-bond acceptors (Lipinski definition) is 11. The van der Waals surface area contributed by atoms with Crippen molar-refractivity contribution in [2.45, 2.75) is 53.8 Å². The Kier molecular flexibility index (Phi) is 11.6. The zero-order valence-corrected chi connectivity index (χ0v) is 28.2. The van der Waals surface area contributed by atoms with Crippen LogP contribution >= 0.6 is 0 Å². The number of hydrogen-bond donors (Lipinski definition) is 1. The molecule has 0 aliphatic carbocycles. The Morgan fingerprint density at radius 1 is 1.12 bits per heavy atom. The summed E-state index contributed by atoms with van der Waals surface area (Å²) < 4.78 is 18.4. The van der Waals surface area contributed by atoms with Gasteiger partial charge >= 0.3 is 12.1 Å². The molecule has 0 saturated heterocycles. The fourth-order valence-corrected chi connectivity index (χ4v) is 4.85. The van der Waals surface area contributed by atoms with Gasteiger partial charge in [-0.05, 0) is 40.7 Å². The fourth-order valence-electron chi connectivity index (χ4n) is 4.85. The van der Waals surface area contributed by atoms with Crippen LogP contribution in [-0.4, -0.2) is 82.4 Å². The van der Waals surface area contributed by atoms with E-state index in [9.17, 15) is 19.7 Å². The number of amides is 1. The molecule has 2 aromatic carbocycles. The third-order valence-corrected chi connectivity index (χ3v) is 7.13. The number of nitrogens with one attached hydrogen (secondary N) is 1. The lowest BCUT2D eigenvalue weighted by atomic mass is 10.1. The number of esters is 1. The first-order valence-electron chi connectivity index (χ1n) is 15.0. The van der Waals surface area contributed by atoms with Gasteiger partial charge in [-0.1, -0.05) is 25.6 Å². The number of para-hydroxylation sites is 1. The van der Waals surface area contributed by atoms with E-state index in [0.717, 1.165) is 10.9 Å². The monoisotopic (exact) mass is 663 g/mol. The molecule has 48 heavy (non-hydrogen) atoms. The molecular weight excluding hydrogens is 618 g/mol. The van der Waals surface area contributed by atoms with Gasteiger partial charge in [0.2, 0.25) is 5.95 Å². The van der Waals surface area contributed by atoms with E-state index in [1.165, 1.54) is 30.3 Å². The van der Waals surface area contributed by atoms with Gasteiger partial charge in [-0.25, -0.2) is 19.6 Å². The summed E-state index contributed by atoms with van der Waals surface area (Å²) in [6.45, 7) is 9.37. The molecule has 0 saturated carbocycles. The van der Waals surface area contributed by atoms with Crippen molar-refractivity contribution in [2.75, 3.05) is 44.5 Å². The zero-order chi connectivity index (χ0) is 34.6. The maximum Gasteiger partial charge on any atom is 0.410 e. The van der Waals surface area contributed by atoms with Crippen molar-refractivity contribution < 1.29 is 28.7 Å². The molecule has 2 aromatic heterocycles. The van der Waals surface area contributed by atoms with Crippen LogP contribution in [0.1, 0.15) is 52.4 Å². The van der Waals surface area contributed by atoms with Crippen LogP contribution in [0.2, 0.25) is 0 Å². The Labute approximate surface area is 280 Å². The maximum atomic E-state index is 13.1. The summed E-state index contributed by atoms with van der Waals surface area (Å²) >= 11 is 0. The number of nitrogens with zero attached hydrogens (tertiary/aromatic N) is 6. The maximum absolute atomic E-state index is 13.1. The highest BCUT2D eigenvalue weighted by molar-refractivity contribution is 6.03. The van der Waals surface area contributed by atoms with Crippen molar-refractivity contribution in [3.8, 4) is 17.0 Å².